The number of nitrogens with zero attached hydrogens (tertiary/aromatic N) is 4. The quantitative estimate of drug-likeness (QED) is 0.518. The normalized spacial score (nSPS) is 11.1. The fourth-order valence-electron chi connectivity index (χ4n) is 3.35. The molecule has 0 saturated carbocycles. The fraction of sp³-hybridized carbons (Fsp3) is 0.190. The minimum absolute atomic E-state index is 0.00472. The van der Waals surface area contributed by atoms with Gasteiger partial charge in [-0.1, -0.05) is 6.07 Å². The molecule has 8 heteroatoms. The Balaban J connectivity index is 2.11. The lowest BCUT2D eigenvalue weighted by atomic mass is 10.1. The van der Waals surface area contributed by atoms with Gasteiger partial charge in [-0.2, -0.15) is 0 Å². The van der Waals surface area contributed by atoms with Crippen LogP contribution in [0.15, 0.2) is 53.7 Å². The highest BCUT2D eigenvalue weighted by Crippen LogP contribution is 2.14. The second-order valence-electron chi connectivity index (χ2n) is 6.75. The number of fused-ring (bicyclic) bond motifs is 2. The lowest BCUT2D eigenvalue weighted by Crippen LogP contribution is -2.35. The molecule has 0 aliphatic carbocycles. The third-order valence-electron chi connectivity index (χ3n) is 4.81. The van der Waals surface area contributed by atoms with Crippen LogP contribution in [0.1, 0.15) is 28.4 Å². The van der Waals surface area contributed by atoms with Gasteiger partial charge in [0, 0.05) is 25.1 Å². The average Bonchev–Trinajstić information content (AvgIpc) is 2.72. The molecule has 8 nitrogen and oxygen atoms in total. The summed E-state index contributed by atoms with van der Waals surface area (Å²) in [6, 6.07) is 8.79. The Morgan fingerprint density at radius 2 is 1.97 bits per heavy atom. The van der Waals surface area contributed by atoms with Crippen molar-refractivity contribution in [2.45, 2.75) is 20.4 Å². The third-order valence-corrected chi connectivity index (χ3v) is 4.81. The molecular weight excluding hydrogens is 368 g/mol. The number of carbonyl (C=O) groups excluding carboxylic acids is 1. The molecule has 0 spiro atoms. The van der Waals surface area contributed by atoms with E-state index in [1.165, 1.54) is 10.5 Å². The van der Waals surface area contributed by atoms with Crippen molar-refractivity contribution >= 4 is 22.6 Å². The number of aromatic nitrogens is 4. The fourth-order valence-corrected chi connectivity index (χ4v) is 3.35. The zero-order chi connectivity index (χ0) is 20.5. The average molecular weight is 388 g/mol. The molecule has 0 radical (unpaired) electrons. The topological polar surface area (TPSA) is 105 Å². The Bertz CT molecular complexity index is 1360. The number of carbonyl (C=O) groups is 1. The van der Waals surface area contributed by atoms with Gasteiger partial charge in [0.05, 0.1) is 17.5 Å². The summed E-state index contributed by atoms with van der Waals surface area (Å²) in [4.78, 5) is 34.5. The van der Waals surface area contributed by atoms with Gasteiger partial charge < -0.3 is 9.88 Å². The summed E-state index contributed by atoms with van der Waals surface area (Å²) < 4.78 is 3.07. The second-order valence-corrected chi connectivity index (χ2v) is 6.75. The molecule has 4 heterocycles. The van der Waals surface area contributed by atoms with Crippen molar-refractivity contribution in [2.75, 3.05) is 6.54 Å². The van der Waals surface area contributed by atoms with E-state index in [9.17, 15) is 9.59 Å². The first-order valence-corrected chi connectivity index (χ1v) is 9.28. The number of hydrogen-bond acceptors (Lipinski definition) is 5. The largest absolute Gasteiger partial charge is 0.352 e. The molecule has 4 aromatic heterocycles. The maximum Gasteiger partial charge on any atom is 0.267 e. The molecule has 2 N–H and O–H groups in total. The van der Waals surface area contributed by atoms with Crippen molar-refractivity contribution in [3.05, 3.63) is 81.5 Å². The van der Waals surface area contributed by atoms with Crippen LogP contribution in [0.2, 0.25) is 0 Å². The summed E-state index contributed by atoms with van der Waals surface area (Å²) in [6.45, 7) is 4.40. The van der Waals surface area contributed by atoms with E-state index >= 15 is 0 Å². The molecule has 0 fully saturated rings. The number of aryl methyl sites for hydroxylation is 1. The molecule has 0 aromatic carbocycles. The third kappa shape index (κ3) is 3.18. The van der Waals surface area contributed by atoms with Gasteiger partial charge in [0.1, 0.15) is 16.8 Å². The van der Waals surface area contributed by atoms with Gasteiger partial charge in [0.25, 0.3) is 11.5 Å². The Kier molecular flexibility index (Phi) is 4.67. The van der Waals surface area contributed by atoms with Crippen LogP contribution in [0.3, 0.4) is 0 Å². The summed E-state index contributed by atoms with van der Waals surface area (Å²) in [5.41, 5.74) is 2.51. The molecule has 0 saturated heterocycles. The van der Waals surface area contributed by atoms with E-state index in [4.69, 9.17) is 10.4 Å². The van der Waals surface area contributed by atoms with Gasteiger partial charge in [0.2, 0.25) is 0 Å². The van der Waals surface area contributed by atoms with Crippen LogP contribution in [-0.2, 0) is 6.54 Å². The summed E-state index contributed by atoms with van der Waals surface area (Å²) in [5, 5.41) is 11.7. The monoisotopic (exact) mass is 388 g/mol. The number of pyridine rings is 3. The zero-order valence-corrected chi connectivity index (χ0v) is 16.1. The second kappa shape index (κ2) is 7.31. The van der Waals surface area contributed by atoms with Crippen molar-refractivity contribution in [3.8, 4) is 0 Å². The molecule has 0 aliphatic heterocycles. The van der Waals surface area contributed by atoms with Crippen molar-refractivity contribution in [2.24, 2.45) is 0 Å². The van der Waals surface area contributed by atoms with E-state index in [-0.39, 0.29) is 16.6 Å². The van der Waals surface area contributed by atoms with E-state index in [0.29, 0.717) is 29.8 Å². The van der Waals surface area contributed by atoms with Gasteiger partial charge in [-0.3, -0.25) is 24.4 Å². The first-order valence-electron chi connectivity index (χ1n) is 9.28. The Morgan fingerprint density at radius 1 is 1.21 bits per heavy atom. The molecule has 0 bridgehead atoms. The lowest BCUT2D eigenvalue weighted by molar-refractivity contribution is 0.0953. The van der Waals surface area contributed by atoms with Crippen molar-refractivity contribution in [3.63, 3.8) is 0 Å². The molecule has 146 valence electrons. The molecule has 4 aromatic rings. The van der Waals surface area contributed by atoms with Crippen molar-refractivity contribution in [1.82, 2.24) is 24.3 Å². The van der Waals surface area contributed by atoms with Gasteiger partial charge in [-0.25, -0.2) is 4.98 Å². The number of rotatable bonds is 4. The zero-order valence-electron chi connectivity index (χ0n) is 16.1. The van der Waals surface area contributed by atoms with E-state index in [1.807, 2.05) is 25.1 Å². The SMILES string of the molecule is CCNC(=O)c1cc2c(=O)n3cccc(C)c3nc2n(Cc2ccncc2)c1=N. The summed E-state index contributed by atoms with van der Waals surface area (Å²) in [5.74, 6) is -0.392. The lowest BCUT2D eigenvalue weighted by Gasteiger charge is -2.15. The van der Waals surface area contributed by atoms with E-state index in [2.05, 4.69) is 10.3 Å². The Hall–Kier alpha value is -3.81. The minimum atomic E-state index is -0.392. The maximum atomic E-state index is 13.2. The van der Waals surface area contributed by atoms with Gasteiger partial charge >= 0.3 is 0 Å². The molecule has 0 atom stereocenters. The standard InChI is InChI=1S/C21H20N6O2/c1-3-24-20(28)15-11-16-19(25-18-13(2)5-4-10-26(18)21(16)29)27(17(15)22)12-14-6-8-23-9-7-14/h4-11,22H,3,12H2,1-2H3,(H,24,28). The number of hydrogen-bond donors (Lipinski definition) is 2. The summed E-state index contributed by atoms with van der Waals surface area (Å²) in [7, 11) is 0. The minimum Gasteiger partial charge on any atom is -0.352 e. The summed E-state index contributed by atoms with van der Waals surface area (Å²) in [6.07, 6.45) is 4.99. The molecule has 29 heavy (non-hydrogen) atoms. The Morgan fingerprint density at radius 3 is 2.69 bits per heavy atom. The molecule has 0 aliphatic rings. The van der Waals surface area contributed by atoms with E-state index < -0.39 is 5.91 Å². The highest BCUT2D eigenvalue weighted by Gasteiger charge is 2.17. The predicted octanol–water partition coefficient (Wildman–Crippen LogP) is 1.63. The molecule has 1 amide bonds. The molecular formula is C21H20N6O2. The number of amides is 1. The van der Waals surface area contributed by atoms with Crippen molar-refractivity contribution in [1.29, 1.82) is 5.41 Å². The first kappa shape index (κ1) is 18.5. The van der Waals surface area contributed by atoms with Gasteiger partial charge in [-0.15, -0.1) is 0 Å². The van der Waals surface area contributed by atoms with Crippen LogP contribution >= 0.6 is 0 Å². The van der Waals surface area contributed by atoms with Crippen LogP contribution in [0.5, 0.6) is 0 Å². The van der Waals surface area contributed by atoms with Crippen LogP contribution in [0.25, 0.3) is 16.7 Å². The van der Waals surface area contributed by atoms with Crippen molar-refractivity contribution < 1.29 is 4.79 Å². The molecule has 0 unspecified atom stereocenters. The van der Waals surface area contributed by atoms with E-state index in [1.54, 1.807) is 36.1 Å². The maximum absolute atomic E-state index is 13.2. The van der Waals surface area contributed by atoms with Crippen LogP contribution in [0, 0.1) is 12.3 Å². The van der Waals surface area contributed by atoms with Gasteiger partial charge in [0.15, 0.2) is 0 Å². The first-order chi connectivity index (χ1) is 14.0. The van der Waals surface area contributed by atoms with Gasteiger partial charge in [-0.05, 0) is 49.2 Å². The highest BCUT2D eigenvalue weighted by molar-refractivity contribution is 5.96. The van der Waals surface area contributed by atoms with Crippen LogP contribution in [-0.4, -0.2) is 31.4 Å². The highest BCUT2D eigenvalue weighted by atomic mass is 16.1. The number of nitrogens with one attached hydrogen (secondary N) is 2. The van der Waals surface area contributed by atoms with Crippen LogP contribution < -0.4 is 16.4 Å². The Labute approximate surface area is 166 Å². The molecule has 4 rings (SSSR count). The smallest absolute Gasteiger partial charge is 0.267 e. The van der Waals surface area contributed by atoms with E-state index in [0.717, 1.165) is 11.1 Å². The predicted molar refractivity (Wildman–Crippen MR) is 109 cm³/mol. The van der Waals surface area contributed by atoms with Crippen LogP contribution in [0.4, 0.5) is 0 Å². The summed E-state index contributed by atoms with van der Waals surface area (Å²) >= 11 is 0.